The lowest BCUT2D eigenvalue weighted by Gasteiger charge is -1.95. The van der Waals surface area contributed by atoms with E-state index >= 15 is 0 Å². The van der Waals surface area contributed by atoms with Crippen LogP contribution in [0.1, 0.15) is 13.8 Å². The van der Waals surface area contributed by atoms with Crippen LogP contribution in [0.2, 0.25) is 0 Å². The van der Waals surface area contributed by atoms with Gasteiger partial charge >= 0.3 is 0 Å². The van der Waals surface area contributed by atoms with Gasteiger partial charge < -0.3 is 0 Å². The molecule has 0 spiro atoms. The van der Waals surface area contributed by atoms with Gasteiger partial charge in [0, 0.05) is 0 Å². The van der Waals surface area contributed by atoms with E-state index in [9.17, 15) is 16.8 Å². The fourth-order valence-corrected chi connectivity index (χ4v) is 1.10. The van der Waals surface area contributed by atoms with Crippen molar-refractivity contribution in [3.63, 3.8) is 0 Å². The van der Waals surface area contributed by atoms with Crippen molar-refractivity contribution < 1.29 is 25.6 Å². The third-order valence-electron chi connectivity index (χ3n) is 0.917. The molecule has 90 valence electrons. The van der Waals surface area contributed by atoms with Crippen LogP contribution in [-0.2, 0) is 24.4 Å². The molecule has 1 N–H and O–H groups in total. The molecule has 0 rings (SSSR count). The average molecular weight is 258 g/mol. The molecular weight excluding hydrogens is 244 g/mol. The molecule has 0 aliphatic heterocycles. The molecule has 0 aliphatic carbocycles. The summed E-state index contributed by atoms with van der Waals surface area (Å²) in [6.07, 6.45) is 4.53. The molecule has 0 atom stereocenters. The summed E-state index contributed by atoms with van der Waals surface area (Å²) in [6.45, 7) is 3.42. The molecule has 0 saturated heterocycles. The molecule has 0 amide bonds. The first-order chi connectivity index (χ1) is 6.68. The van der Waals surface area contributed by atoms with Crippen molar-refractivity contribution in [2.75, 3.05) is 18.1 Å². The topological polar surface area (TPSA) is 97.7 Å². The van der Waals surface area contributed by atoms with Gasteiger partial charge in [-0.1, -0.05) is 5.92 Å². The SMILES string of the molecule is C#CCS(=O)(=O)O.CCOS(=O)(=O)CC. The summed E-state index contributed by atoms with van der Waals surface area (Å²) < 4.78 is 52.2. The first-order valence-corrected chi connectivity index (χ1v) is 7.12. The van der Waals surface area contributed by atoms with Crippen LogP contribution in [0.25, 0.3) is 0 Å². The van der Waals surface area contributed by atoms with Crippen molar-refractivity contribution >= 4 is 20.2 Å². The van der Waals surface area contributed by atoms with E-state index in [4.69, 9.17) is 4.55 Å². The smallest absolute Gasteiger partial charge is 0.276 e. The predicted octanol–water partition coefficient (Wildman–Crippen LogP) is -0.120. The van der Waals surface area contributed by atoms with E-state index in [1.165, 1.54) is 0 Å². The maximum absolute atomic E-state index is 10.4. The van der Waals surface area contributed by atoms with Crippen LogP contribution in [-0.4, -0.2) is 39.5 Å². The minimum absolute atomic E-state index is 0.0564. The molecule has 0 aromatic heterocycles. The molecule has 0 aromatic carbocycles. The van der Waals surface area contributed by atoms with Crippen LogP contribution in [0.4, 0.5) is 0 Å². The fraction of sp³-hybridized carbons (Fsp3) is 0.714. The van der Waals surface area contributed by atoms with E-state index in [0.717, 1.165) is 0 Å². The van der Waals surface area contributed by atoms with Crippen molar-refractivity contribution in [1.29, 1.82) is 0 Å². The molecule has 0 fully saturated rings. The Labute approximate surface area is 90.5 Å². The zero-order chi connectivity index (χ0) is 12.5. The second kappa shape index (κ2) is 7.64. The summed E-state index contributed by atoms with van der Waals surface area (Å²) in [7, 11) is -7.08. The van der Waals surface area contributed by atoms with Gasteiger partial charge in [-0.05, 0) is 13.8 Å². The zero-order valence-electron chi connectivity index (χ0n) is 8.50. The molecular formula is C7H14O6S2. The molecule has 0 saturated carbocycles. The highest BCUT2D eigenvalue weighted by Gasteiger charge is 2.02. The van der Waals surface area contributed by atoms with Gasteiger partial charge in [-0.15, -0.1) is 6.42 Å². The first kappa shape index (κ1) is 16.8. The lowest BCUT2D eigenvalue weighted by molar-refractivity contribution is 0.339. The number of rotatable bonds is 4. The van der Waals surface area contributed by atoms with Crippen LogP contribution < -0.4 is 0 Å². The van der Waals surface area contributed by atoms with Gasteiger partial charge in [0.15, 0.2) is 0 Å². The minimum atomic E-state index is -3.91. The van der Waals surface area contributed by atoms with Crippen molar-refractivity contribution in [3.05, 3.63) is 0 Å². The Hall–Kier alpha value is -0.620. The van der Waals surface area contributed by atoms with Gasteiger partial charge in [0.1, 0.15) is 5.75 Å². The Balaban J connectivity index is 0. The van der Waals surface area contributed by atoms with E-state index in [1.807, 2.05) is 0 Å². The van der Waals surface area contributed by atoms with E-state index in [2.05, 4.69) is 10.6 Å². The van der Waals surface area contributed by atoms with Gasteiger partial charge in [0.05, 0.1) is 12.4 Å². The van der Waals surface area contributed by atoms with Gasteiger partial charge in [0.25, 0.3) is 20.2 Å². The highest BCUT2D eigenvalue weighted by molar-refractivity contribution is 7.86. The van der Waals surface area contributed by atoms with E-state index in [0.29, 0.717) is 0 Å². The molecule has 8 heteroatoms. The number of hydrogen-bond donors (Lipinski definition) is 1. The molecule has 6 nitrogen and oxygen atoms in total. The third-order valence-corrected chi connectivity index (χ3v) is 2.75. The molecule has 0 bridgehead atoms. The number of hydrogen-bond acceptors (Lipinski definition) is 5. The van der Waals surface area contributed by atoms with Crippen LogP contribution in [0.3, 0.4) is 0 Å². The Morgan fingerprint density at radius 1 is 1.27 bits per heavy atom. The van der Waals surface area contributed by atoms with Crippen LogP contribution in [0.5, 0.6) is 0 Å². The van der Waals surface area contributed by atoms with Gasteiger partial charge in [0.2, 0.25) is 0 Å². The second-order valence-electron chi connectivity index (χ2n) is 2.18. The quantitative estimate of drug-likeness (QED) is 0.429. The molecule has 0 aliphatic rings. The Kier molecular flexibility index (Phi) is 8.56. The van der Waals surface area contributed by atoms with Crippen molar-refractivity contribution in [2.24, 2.45) is 0 Å². The van der Waals surface area contributed by atoms with Crippen LogP contribution in [0, 0.1) is 12.3 Å². The maximum atomic E-state index is 10.4. The lowest BCUT2D eigenvalue weighted by atomic mass is 10.8. The Morgan fingerprint density at radius 3 is 1.80 bits per heavy atom. The zero-order valence-corrected chi connectivity index (χ0v) is 10.1. The normalized spacial score (nSPS) is 11.1. The average Bonchev–Trinajstić information content (AvgIpc) is 2.03. The summed E-state index contributed by atoms with van der Waals surface area (Å²) in [5, 5.41) is 0. The van der Waals surface area contributed by atoms with Crippen LogP contribution >= 0.6 is 0 Å². The predicted molar refractivity (Wildman–Crippen MR) is 56.3 cm³/mol. The van der Waals surface area contributed by atoms with Gasteiger partial charge in [-0.2, -0.15) is 16.8 Å². The minimum Gasteiger partial charge on any atom is -0.285 e. The van der Waals surface area contributed by atoms with Crippen molar-refractivity contribution in [2.45, 2.75) is 13.8 Å². The summed E-state index contributed by atoms with van der Waals surface area (Å²) in [5.74, 6) is 1.22. The summed E-state index contributed by atoms with van der Waals surface area (Å²) in [5.41, 5.74) is 0. The van der Waals surface area contributed by atoms with Crippen molar-refractivity contribution in [1.82, 2.24) is 0 Å². The van der Waals surface area contributed by atoms with Gasteiger partial charge in [-0.25, -0.2) is 0 Å². The number of terminal acetylenes is 1. The van der Waals surface area contributed by atoms with Gasteiger partial charge in [-0.3, -0.25) is 8.74 Å². The first-order valence-electron chi connectivity index (χ1n) is 3.94. The van der Waals surface area contributed by atoms with E-state index < -0.39 is 26.0 Å². The van der Waals surface area contributed by atoms with E-state index in [1.54, 1.807) is 19.8 Å². The largest absolute Gasteiger partial charge is 0.285 e. The monoisotopic (exact) mass is 258 g/mol. The Bertz CT molecular complexity index is 386. The molecule has 15 heavy (non-hydrogen) atoms. The summed E-state index contributed by atoms with van der Waals surface area (Å²) in [4.78, 5) is 0. The summed E-state index contributed by atoms with van der Waals surface area (Å²) >= 11 is 0. The fourth-order valence-electron chi connectivity index (χ4n) is 0.368. The Morgan fingerprint density at radius 2 is 1.73 bits per heavy atom. The molecule has 0 aromatic rings. The van der Waals surface area contributed by atoms with Crippen molar-refractivity contribution in [3.8, 4) is 12.3 Å². The summed E-state index contributed by atoms with van der Waals surface area (Å²) in [6, 6.07) is 0. The maximum Gasteiger partial charge on any atom is 0.276 e. The standard InChI is InChI=1S/C4H10O3S.C3H4O3S/c1-3-7-8(5,6)4-2;1-2-3-7(4,5)6/h3-4H2,1-2H3;1H,3H2,(H,4,5,6). The molecule has 0 unspecified atom stereocenters. The molecule has 0 heterocycles. The highest BCUT2D eigenvalue weighted by atomic mass is 32.2. The van der Waals surface area contributed by atoms with Crippen LogP contribution in [0.15, 0.2) is 0 Å². The lowest BCUT2D eigenvalue weighted by Crippen LogP contribution is -2.06. The van der Waals surface area contributed by atoms with E-state index in [-0.39, 0.29) is 12.4 Å². The second-order valence-corrected chi connectivity index (χ2v) is 5.56. The molecule has 0 radical (unpaired) electrons. The third kappa shape index (κ3) is 16.1. The highest BCUT2D eigenvalue weighted by Crippen LogP contribution is 1.89.